The average Bonchev–Trinajstić information content (AvgIpc) is 3.05. The summed E-state index contributed by atoms with van der Waals surface area (Å²) in [4.78, 5) is 19.5. The topological polar surface area (TPSA) is 82.3 Å². The minimum atomic E-state index is -1.05. The van der Waals surface area contributed by atoms with E-state index in [4.69, 9.17) is 10.5 Å². The molecular weight excluding hydrogens is 416 g/mol. The molecule has 2 aromatic carbocycles. The molecule has 2 aliphatic rings. The largest absolute Gasteiger partial charge is 0.497 e. The maximum absolute atomic E-state index is 13.5. The van der Waals surface area contributed by atoms with Crippen molar-refractivity contribution in [2.75, 3.05) is 34.3 Å². The zero-order valence-electron chi connectivity index (χ0n) is 19.9. The Morgan fingerprint density at radius 3 is 2.24 bits per heavy atom. The second-order valence-corrected chi connectivity index (χ2v) is 9.68. The first kappa shape index (κ1) is 23.5. The molecule has 178 valence electrons. The van der Waals surface area contributed by atoms with Gasteiger partial charge in [0.05, 0.1) is 19.2 Å². The molecule has 1 atom stereocenters. The molecule has 4 rings (SSSR count). The van der Waals surface area contributed by atoms with Gasteiger partial charge in [-0.2, -0.15) is 0 Å². The lowest BCUT2D eigenvalue weighted by atomic mass is 9.68. The maximum atomic E-state index is 13.5. The summed E-state index contributed by atoms with van der Waals surface area (Å²) in [7, 11) is 5.93. The van der Waals surface area contributed by atoms with E-state index < -0.39 is 6.23 Å². The van der Waals surface area contributed by atoms with E-state index in [0.29, 0.717) is 13.1 Å². The lowest BCUT2D eigenvalue weighted by Gasteiger charge is -2.51. The molecule has 2 aromatic rings. The van der Waals surface area contributed by atoms with Gasteiger partial charge in [0, 0.05) is 18.6 Å². The minimum absolute atomic E-state index is 0.0487. The van der Waals surface area contributed by atoms with Crippen LogP contribution in [0.15, 0.2) is 54.6 Å². The van der Waals surface area contributed by atoms with Crippen LogP contribution >= 0.6 is 0 Å². The molecule has 2 amide bonds. The smallest absolute Gasteiger partial charge is 0.321 e. The number of hydrogen-bond acceptors (Lipinski definition) is 5. The molecule has 1 unspecified atom stereocenters. The summed E-state index contributed by atoms with van der Waals surface area (Å²) < 4.78 is 5.25. The Morgan fingerprint density at radius 1 is 1.06 bits per heavy atom. The number of carbonyl (C=O) groups is 1. The van der Waals surface area contributed by atoms with Crippen molar-refractivity contribution in [2.24, 2.45) is 5.73 Å². The number of aliphatic hydroxyl groups is 1. The Kier molecular flexibility index (Phi) is 6.66. The van der Waals surface area contributed by atoms with Crippen LogP contribution in [0.4, 0.5) is 4.79 Å². The third-order valence-corrected chi connectivity index (χ3v) is 7.64. The molecule has 0 bridgehead atoms. The summed E-state index contributed by atoms with van der Waals surface area (Å²) in [6.45, 7) is 1.32. The van der Waals surface area contributed by atoms with Crippen molar-refractivity contribution < 1.29 is 14.6 Å². The van der Waals surface area contributed by atoms with Crippen LogP contribution in [0.25, 0.3) is 0 Å². The normalized spacial score (nSPS) is 26.3. The van der Waals surface area contributed by atoms with Crippen molar-refractivity contribution in [3.05, 3.63) is 65.7 Å². The number of ether oxygens (including phenoxy) is 1. The van der Waals surface area contributed by atoms with Gasteiger partial charge < -0.3 is 25.4 Å². The van der Waals surface area contributed by atoms with Gasteiger partial charge in [0.15, 0.2) is 0 Å². The fourth-order valence-electron chi connectivity index (χ4n) is 5.71. The van der Waals surface area contributed by atoms with Crippen LogP contribution in [-0.2, 0) is 12.1 Å². The van der Waals surface area contributed by atoms with Crippen molar-refractivity contribution in [3.8, 4) is 5.75 Å². The van der Waals surface area contributed by atoms with Gasteiger partial charge in [0.2, 0.25) is 0 Å². The van der Waals surface area contributed by atoms with E-state index in [1.165, 1.54) is 5.56 Å². The Balaban J connectivity index is 1.57. The fourth-order valence-corrected chi connectivity index (χ4v) is 5.71. The Bertz CT molecular complexity index is 938. The molecule has 0 aromatic heterocycles. The van der Waals surface area contributed by atoms with Gasteiger partial charge in [-0.15, -0.1) is 0 Å². The highest BCUT2D eigenvalue weighted by Gasteiger charge is 2.54. The lowest BCUT2D eigenvalue weighted by molar-refractivity contribution is 0.0104. The standard InChI is InChI=1S/C26H36N4O3/c1-28(2)26(21-7-5-4-6-8-21)15-13-25(14-16-26)19-29(24(32)30(25)18-23(27)31)17-20-9-11-22(33-3)12-10-20/h4-12,23,31H,13-19,27H2,1-3H3/t23?,25-,26+. The second-order valence-electron chi connectivity index (χ2n) is 9.68. The van der Waals surface area contributed by atoms with Gasteiger partial charge in [-0.1, -0.05) is 42.5 Å². The van der Waals surface area contributed by atoms with E-state index >= 15 is 0 Å². The first-order valence-corrected chi connectivity index (χ1v) is 11.7. The number of amides is 2. The first-order chi connectivity index (χ1) is 15.8. The summed E-state index contributed by atoms with van der Waals surface area (Å²) in [6, 6.07) is 18.4. The SMILES string of the molecule is COc1ccc(CN2C[C@]3(CC[C@](c4ccccc4)(N(C)C)CC3)N(CC(N)O)C2=O)cc1. The number of benzene rings is 2. The zero-order valence-corrected chi connectivity index (χ0v) is 19.9. The van der Waals surface area contributed by atoms with E-state index in [1.807, 2.05) is 40.1 Å². The van der Waals surface area contributed by atoms with Gasteiger partial charge in [-0.05, 0) is 63.0 Å². The summed E-state index contributed by atoms with van der Waals surface area (Å²) in [6.07, 6.45) is 2.53. The molecule has 1 spiro atoms. The molecule has 0 radical (unpaired) electrons. The number of nitrogens with zero attached hydrogens (tertiary/aromatic N) is 3. The van der Waals surface area contributed by atoms with Gasteiger partial charge in [-0.25, -0.2) is 4.79 Å². The molecule has 3 N–H and O–H groups in total. The highest BCUT2D eigenvalue weighted by Crippen LogP contribution is 2.49. The van der Waals surface area contributed by atoms with E-state index in [-0.39, 0.29) is 23.7 Å². The van der Waals surface area contributed by atoms with Gasteiger partial charge >= 0.3 is 6.03 Å². The molecule has 1 heterocycles. The van der Waals surface area contributed by atoms with E-state index in [9.17, 15) is 9.90 Å². The Labute approximate surface area is 196 Å². The number of hydrogen-bond donors (Lipinski definition) is 2. The number of urea groups is 1. The predicted molar refractivity (Wildman–Crippen MR) is 129 cm³/mol. The third-order valence-electron chi connectivity index (χ3n) is 7.64. The molecule has 1 saturated carbocycles. The number of rotatable bonds is 7. The summed E-state index contributed by atoms with van der Waals surface area (Å²) in [5, 5.41) is 9.99. The number of methoxy groups -OCH3 is 1. The molecule has 7 nitrogen and oxygen atoms in total. The highest BCUT2D eigenvalue weighted by atomic mass is 16.5. The van der Waals surface area contributed by atoms with Crippen molar-refractivity contribution in [1.29, 1.82) is 0 Å². The molecular formula is C26H36N4O3. The van der Waals surface area contributed by atoms with E-state index in [0.717, 1.165) is 37.0 Å². The van der Waals surface area contributed by atoms with Crippen LogP contribution in [0.2, 0.25) is 0 Å². The van der Waals surface area contributed by atoms with Crippen LogP contribution in [0.5, 0.6) is 5.75 Å². The molecule has 1 aliphatic carbocycles. The summed E-state index contributed by atoms with van der Waals surface area (Å²) in [5.74, 6) is 0.795. The van der Waals surface area contributed by atoms with Gasteiger partial charge in [0.1, 0.15) is 12.0 Å². The Morgan fingerprint density at radius 2 is 1.70 bits per heavy atom. The second kappa shape index (κ2) is 9.33. The van der Waals surface area contributed by atoms with Crippen molar-refractivity contribution in [1.82, 2.24) is 14.7 Å². The highest BCUT2D eigenvalue weighted by molar-refractivity contribution is 5.78. The maximum Gasteiger partial charge on any atom is 0.321 e. The van der Waals surface area contributed by atoms with E-state index in [1.54, 1.807) is 7.11 Å². The predicted octanol–water partition coefficient (Wildman–Crippen LogP) is 2.98. The van der Waals surface area contributed by atoms with Gasteiger partial charge in [0.25, 0.3) is 0 Å². The molecule has 1 aliphatic heterocycles. The number of aliphatic hydroxyl groups excluding tert-OH is 1. The molecule has 7 heteroatoms. The van der Waals surface area contributed by atoms with Crippen LogP contribution in [0.3, 0.4) is 0 Å². The average molecular weight is 453 g/mol. The van der Waals surface area contributed by atoms with Crippen molar-refractivity contribution >= 4 is 6.03 Å². The lowest BCUT2D eigenvalue weighted by Crippen LogP contribution is -2.57. The van der Waals surface area contributed by atoms with Crippen LogP contribution in [0.1, 0.15) is 36.8 Å². The minimum Gasteiger partial charge on any atom is -0.497 e. The number of carbonyl (C=O) groups excluding carboxylic acids is 1. The van der Waals surface area contributed by atoms with E-state index in [2.05, 4.69) is 43.3 Å². The Hall–Kier alpha value is -2.61. The number of β-amino-alcohol motifs (C(OH)–C–C–N with tert-alkyl or cyclic N) is 1. The molecule has 2 fully saturated rings. The monoisotopic (exact) mass is 452 g/mol. The van der Waals surface area contributed by atoms with Crippen LogP contribution in [-0.4, -0.2) is 71.9 Å². The van der Waals surface area contributed by atoms with Gasteiger partial charge in [-0.3, -0.25) is 4.90 Å². The fraction of sp³-hybridized carbons (Fsp3) is 0.500. The van der Waals surface area contributed by atoms with Crippen LogP contribution < -0.4 is 10.5 Å². The van der Waals surface area contributed by atoms with Crippen LogP contribution in [0, 0.1) is 0 Å². The third kappa shape index (κ3) is 4.45. The summed E-state index contributed by atoms with van der Waals surface area (Å²) >= 11 is 0. The molecule has 1 saturated heterocycles. The summed E-state index contributed by atoms with van der Waals surface area (Å²) in [5.41, 5.74) is 7.75. The molecule has 33 heavy (non-hydrogen) atoms. The van der Waals surface area contributed by atoms with Crippen molar-refractivity contribution in [2.45, 2.75) is 49.5 Å². The zero-order chi connectivity index (χ0) is 23.6. The number of nitrogens with two attached hydrogens (primary N) is 1. The first-order valence-electron chi connectivity index (χ1n) is 11.7. The van der Waals surface area contributed by atoms with Crippen molar-refractivity contribution in [3.63, 3.8) is 0 Å². The quantitative estimate of drug-likeness (QED) is 0.631.